The normalized spacial score (nSPS) is 16.0. The lowest BCUT2D eigenvalue weighted by Gasteiger charge is -2.11. The van der Waals surface area contributed by atoms with Crippen molar-refractivity contribution < 1.29 is 4.74 Å². The summed E-state index contributed by atoms with van der Waals surface area (Å²) in [7, 11) is 0. The van der Waals surface area contributed by atoms with Crippen molar-refractivity contribution in [3.63, 3.8) is 0 Å². The lowest BCUT2D eigenvalue weighted by molar-refractivity contribution is 0.242. The number of benzene rings is 1. The number of nitrogens with two attached hydrogens (primary N) is 2. The number of nitrogens with zero attached hydrogens (tertiary/aromatic N) is 2. The van der Waals surface area contributed by atoms with Crippen molar-refractivity contribution in [2.75, 3.05) is 12.3 Å². The van der Waals surface area contributed by atoms with E-state index < -0.39 is 0 Å². The zero-order valence-corrected chi connectivity index (χ0v) is 14.4. The summed E-state index contributed by atoms with van der Waals surface area (Å²) in [6.07, 6.45) is 0.858. The van der Waals surface area contributed by atoms with Crippen molar-refractivity contribution in [3.05, 3.63) is 47.3 Å². The molecule has 0 aliphatic carbocycles. The van der Waals surface area contributed by atoms with E-state index in [0.29, 0.717) is 6.54 Å². The first kappa shape index (κ1) is 15.4. The number of nitrogen functional groups attached to an aromatic ring is 1. The van der Waals surface area contributed by atoms with Crippen molar-refractivity contribution >= 4 is 29.0 Å². The van der Waals surface area contributed by atoms with Crippen LogP contribution in [0, 0.1) is 0 Å². The molecule has 24 heavy (non-hydrogen) atoms. The van der Waals surface area contributed by atoms with Crippen LogP contribution in [-0.4, -0.2) is 22.6 Å². The Morgan fingerprint density at radius 3 is 2.96 bits per heavy atom. The highest BCUT2D eigenvalue weighted by molar-refractivity contribution is 8.01. The van der Waals surface area contributed by atoms with Crippen molar-refractivity contribution in [1.82, 2.24) is 9.97 Å². The SMILES string of the molecule is NC[C@H]1Cc2cccc(-c3cc(Sc4cccs4)nc(N)n3)c2O1. The lowest BCUT2D eigenvalue weighted by atomic mass is 10.0. The summed E-state index contributed by atoms with van der Waals surface area (Å²) in [6.45, 7) is 0.500. The average Bonchev–Trinajstić information content (AvgIpc) is 3.22. The Bertz CT molecular complexity index is 867. The quantitative estimate of drug-likeness (QED) is 0.698. The lowest BCUT2D eigenvalue weighted by Crippen LogP contribution is -2.24. The number of aromatic nitrogens is 2. The summed E-state index contributed by atoms with van der Waals surface area (Å²) in [6, 6.07) is 12.1. The maximum absolute atomic E-state index is 6.00. The van der Waals surface area contributed by atoms with Gasteiger partial charge in [-0.15, -0.1) is 11.3 Å². The van der Waals surface area contributed by atoms with Gasteiger partial charge in [-0.25, -0.2) is 9.97 Å². The Hall–Kier alpha value is -2.09. The third-order valence-electron chi connectivity index (χ3n) is 3.79. The second-order valence-electron chi connectivity index (χ2n) is 5.46. The van der Waals surface area contributed by atoms with Gasteiger partial charge in [0.25, 0.3) is 0 Å². The Morgan fingerprint density at radius 1 is 1.25 bits per heavy atom. The third kappa shape index (κ3) is 2.98. The van der Waals surface area contributed by atoms with Crippen LogP contribution in [0.15, 0.2) is 51.0 Å². The first-order valence-corrected chi connectivity index (χ1v) is 9.27. The number of rotatable bonds is 4. The molecular weight excluding hydrogens is 340 g/mol. The molecule has 3 aromatic rings. The molecule has 0 saturated heterocycles. The highest BCUT2D eigenvalue weighted by Crippen LogP contribution is 2.39. The summed E-state index contributed by atoms with van der Waals surface area (Å²) < 4.78 is 7.16. The van der Waals surface area contributed by atoms with Crippen LogP contribution in [0.1, 0.15) is 5.56 Å². The Morgan fingerprint density at radius 2 is 2.17 bits per heavy atom. The van der Waals surface area contributed by atoms with Crippen LogP contribution in [0.4, 0.5) is 5.95 Å². The van der Waals surface area contributed by atoms with Crippen molar-refractivity contribution in [2.24, 2.45) is 5.73 Å². The van der Waals surface area contributed by atoms with Gasteiger partial charge in [-0.3, -0.25) is 0 Å². The Labute approximate surface area is 148 Å². The third-order valence-corrected chi connectivity index (χ3v) is 5.74. The molecule has 0 radical (unpaired) electrons. The largest absolute Gasteiger partial charge is 0.488 e. The van der Waals surface area contributed by atoms with Gasteiger partial charge < -0.3 is 16.2 Å². The maximum Gasteiger partial charge on any atom is 0.221 e. The molecule has 1 aromatic carbocycles. The van der Waals surface area contributed by atoms with E-state index in [9.17, 15) is 0 Å². The predicted molar refractivity (Wildman–Crippen MR) is 97.5 cm³/mol. The molecule has 1 aliphatic rings. The molecule has 0 bridgehead atoms. The number of anilines is 1. The molecule has 122 valence electrons. The molecule has 2 aromatic heterocycles. The standard InChI is InChI=1S/C17H16N4OS2/c18-9-11-7-10-3-1-4-12(16(10)22-11)13-8-14(21-17(19)20-13)24-15-5-2-6-23-15/h1-6,8,11H,7,9,18H2,(H2,19,20,21)/t11-/m1/s1. The highest BCUT2D eigenvalue weighted by atomic mass is 32.2. The predicted octanol–water partition coefficient (Wildman–Crippen LogP) is 3.20. The topological polar surface area (TPSA) is 87.0 Å². The molecule has 0 saturated carbocycles. The minimum absolute atomic E-state index is 0.0281. The van der Waals surface area contributed by atoms with E-state index in [-0.39, 0.29) is 12.1 Å². The fraction of sp³-hybridized carbons (Fsp3) is 0.176. The highest BCUT2D eigenvalue weighted by Gasteiger charge is 2.25. The molecular formula is C17H16N4OS2. The molecule has 0 spiro atoms. The summed E-state index contributed by atoms with van der Waals surface area (Å²) in [5.74, 6) is 1.12. The molecule has 4 rings (SSSR count). The van der Waals surface area contributed by atoms with E-state index in [1.165, 1.54) is 0 Å². The molecule has 0 fully saturated rings. The van der Waals surface area contributed by atoms with Gasteiger partial charge in [0.05, 0.1) is 9.90 Å². The van der Waals surface area contributed by atoms with Gasteiger partial charge in [-0.05, 0) is 29.1 Å². The van der Waals surface area contributed by atoms with Gasteiger partial charge in [0.2, 0.25) is 5.95 Å². The van der Waals surface area contributed by atoms with Crippen molar-refractivity contribution in [1.29, 1.82) is 0 Å². The molecule has 5 nitrogen and oxygen atoms in total. The van der Waals surface area contributed by atoms with Crippen LogP contribution in [0.2, 0.25) is 0 Å². The number of thiophene rings is 1. The van der Waals surface area contributed by atoms with E-state index in [2.05, 4.69) is 22.1 Å². The Kier molecular flexibility index (Phi) is 4.13. The summed E-state index contributed by atoms with van der Waals surface area (Å²) in [5, 5.41) is 2.87. The van der Waals surface area contributed by atoms with Crippen LogP contribution < -0.4 is 16.2 Å². The van der Waals surface area contributed by atoms with Gasteiger partial charge >= 0.3 is 0 Å². The second kappa shape index (κ2) is 6.43. The van der Waals surface area contributed by atoms with E-state index in [1.54, 1.807) is 23.1 Å². The van der Waals surface area contributed by atoms with Crippen molar-refractivity contribution in [2.45, 2.75) is 21.8 Å². The first-order chi connectivity index (χ1) is 11.7. The van der Waals surface area contributed by atoms with Gasteiger partial charge in [0.15, 0.2) is 0 Å². The fourth-order valence-corrected chi connectivity index (χ4v) is 4.46. The van der Waals surface area contributed by atoms with E-state index in [4.69, 9.17) is 16.2 Å². The van der Waals surface area contributed by atoms with Crippen LogP contribution >= 0.6 is 23.1 Å². The summed E-state index contributed by atoms with van der Waals surface area (Å²) in [4.78, 5) is 8.74. The zero-order valence-electron chi connectivity index (χ0n) is 12.8. The van der Waals surface area contributed by atoms with Crippen LogP contribution in [0.5, 0.6) is 5.75 Å². The molecule has 1 aliphatic heterocycles. The number of ether oxygens (including phenoxy) is 1. The van der Waals surface area contributed by atoms with Crippen molar-refractivity contribution in [3.8, 4) is 17.0 Å². The molecule has 0 unspecified atom stereocenters. The maximum atomic E-state index is 6.00. The van der Waals surface area contributed by atoms with E-state index in [0.717, 1.165) is 38.2 Å². The van der Waals surface area contributed by atoms with Crippen LogP contribution in [-0.2, 0) is 6.42 Å². The molecule has 7 heteroatoms. The first-order valence-electron chi connectivity index (χ1n) is 7.58. The van der Waals surface area contributed by atoms with E-state index in [1.807, 2.05) is 29.6 Å². The smallest absolute Gasteiger partial charge is 0.221 e. The van der Waals surface area contributed by atoms with Crippen LogP contribution in [0.25, 0.3) is 11.3 Å². The number of para-hydroxylation sites is 1. The summed E-state index contributed by atoms with van der Waals surface area (Å²) in [5.41, 5.74) is 14.6. The monoisotopic (exact) mass is 356 g/mol. The van der Waals surface area contributed by atoms with Gasteiger partial charge in [-0.2, -0.15) is 0 Å². The minimum atomic E-state index is 0.0281. The van der Waals surface area contributed by atoms with Gasteiger partial charge in [0, 0.05) is 18.5 Å². The fourth-order valence-electron chi connectivity index (χ4n) is 2.73. The van der Waals surface area contributed by atoms with Crippen LogP contribution in [0.3, 0.4) is 0 Å². The van der Waals surface area contributed by atoms with Gasteiger partial charge in [-0.1, -0.05) is 30.0 Å². The number of hydrogen-bond acceptors (Lipinski definition) is 7. The van der Waals surface area contributed by atoms with Gasteiger partial charge in [0.1, 0.15) is 16.9 Å². The molecule has 3 heterocycles. The average molecular weight is 356 g/mol. The molecule has 1 atom stereocenters. The summed E-state index contributed by atoms with van der Waals surface area (Å²) >= 11 is 3.25. The number of hydrogen-bond donors (Lipinski definition) is 2. The minimum Gasteiger partial charge on any atom is -0.488 e. The second-order valence-corrected chi connectivity index (χ2v) is 7.73. The van der Waals surface area contributed by atoms with E-state index >= 15 is 0 Å². The zero-order chi connectivity index (χ0) is 16.5. The number of fused-ring (bicyclic) bond motifs is 1. The Balaban J connectivity index is 1.73. The molecule has 4 N–H and O–H groups in total. The molecule has 0 amide bonds.